The smallest absolute Gasteiger partial charge is 0.152 e. The fourth-order valence-corrected chi connectivity index (χ4v) is 2.29. The molecule has 2 unspecified atom stereocenters. The summed E-state index contributed by atoms with van der Waals surface area (Å²) in [5.74, 6) is 1.00. The zero-order valence-electron chi connectivity index (χ0n) is 11.6. The van der Waals surface area contributed by atoms with Crippen LogP contribution in [0.5, 0.6) is 0 Å². The maximum absolute atomic E-state index is 11.9. The molecule has 0 aromatic rings. The van der Waals surface area contributed by atoms with Gasteiger partial charge in [-0.15, -0.1) is 0 Å². The number of ketones is 1. The molecule has 1 saturated heterocycles. The summed E-state index contributed by atoms with van der Waals surface area (Å²) in [7, 11) is 4.24. The third kappa shape index (κ3) is 3.29. The molecule has 0 aliphatic carbocycles. The number of carbonyl (C=O) groups excluding carboxylic acids is 1. The topological polar surface area (TPSA) is 23.6 Å². The van der Waals surface area contributed by atoms with Gasteiger partial charge in [0.1, 0.15) is 0 Å². The lowest BCUT2D eigenvalue weighted by Crippen LogP contribution is -2.37. The van der Waals surface area contributed by atoms with E-state index in [0.717, 1.165) is 13.1 Å². The molecule has 0 saturated carbocycles. The molecule has 0 bridgehead atoms. The molecule has 3 heteroatoms. The average molecular weight is 226 g/mol. The first kappa shape index (κ1) is 13.7. The second-order valence-electron chi connectivity index (χ2n) is 6.38. The van der Waals surface area contributed by atoms with Gasteiger partial charge in [-0.1, -0.05) is 27.7 Å². The Labute approximate surface area is 99.8 Å². The lowest BCUT2D eigenvalue weighted by Gasteiger charge is -2.23. The van der Waals surface area contributed by atoms with Gasteiger partial charge in [0, 0.05) is 24.5 Å². The second kappa shape index (κ2) is 4.84. The number of carbonyl (C=O) groups is 1. The van der Waals surface area contributed by atoms with Crippen molar-refractivity contribution in [2.75, 3.05) is 33.7 Å². The van der Waals surface area contributed by atoms with Gasteiger partial charge in [-0.25, -0.2) is 0 Å². The van der Waals surface area contributed by atoms with Gasteiger partial charge in [0.25, 0.3) is 0 Å². The number of hydrogen-bond donors (Lipinski definition) is 0. The first-order valence-electron chi connectivity index (χ1n) is 6.14. The molecule has 0 spiro atoms. The monoisotopic (exact) mass is 226 g/mol. The molecule has 0 N–H and O–H groups in total. The minimum absolute atomic E-state index is 0.209. The van der Waals surface area contributed by atoms with E-state index in [2.05, 4.69) is 30.8 Å². The van der Waals surface area contributed by atoms with Crippen LogP contribution in [-0.2, 0) is 4.79 Å². The summed E-state index contributed by atoms with van der Waals surface area (Å²) >= 11 is 0. The number of hydrogen-bond acceptors (Lipinski definition) is 3. The average Bonchev–Trinajstić information content (AvgIpc) is 2.45. The highest BCUT2D eigenvalue weighted by Crippen LogP contribution is 2.22. The molecule has 94 valence electrons. The van der Waals surface area contributed by atoms with E-state index in [9.17, 15) is 4.79 Å². The summed E-state index contributed by atoms with van der Waals surface area (Å²) in [6.45, 7) is 10.9. The van der Waals surface area contributed by atoms with Crippen molar-refractivity contribution >= 4 is 5.78 Å². The highest BCUT2D eigenvalue weighted by atomic mass is 16.1. The SMILES string of the molecule is CC1CN(CC(=O)C(C)(C)C)CC1N(C)C. The van der Waals surface area contributed by atoms with E-state index < -0.39 is 0 Å². The van der Waals surface area contributed by atoms with Crippen LogP contribution in [0.2, 0.25) is 0 Å². The molecule has 0 radical (unpaired) electrons. The minimum atomic E-state index is -0.209. The maximum Gasteiger partial charge on any atom is 0.152 e. The lowest BCUT2D eigenvalue weighted by molar-refractivity contribution is -0.127. The van der Waals surface area contributed by atoms with Crippen molar-refractivity contribution in [3.63, 3.8) is 0 Å². The van der Waals surface area contributed by atoms with Gasteiger partial charge in [0.15, 0.2) is 5.78 Å². The zero-order valence-corrected chi connectivity index (χ0v) is 11.6. The van der Waals surface area contributed by atoms with Crippen LogP contribution in [0.15, 0.2) is 0 Å². The third-order valence-electron chi connectivity index (χ3n) is 3.52. The molecule has 2 atom stereocenters. The lowest BCUT2D eigenvalue weighted by atomic mass is 9.90. The highest BCUT2D eigenvalue weighted by Gasteiger charge is 2.33. The number of Topliss-reactive ketones (excluding diaryl/α,β-unsaturated/α-hetero) is 1. The van der Waals surface area contributed by atoms with Gasteiger partial charge in [-0.05, 0) is 20.0 Å². The van der Waals surface area contributed by atoms with Gasteiger partial charge in [-0.3, -0.25) is 9.69 Å². The van der Waals surface area contributed by atoms with Gasteiger partial charge in [0.2, 0.25) is 0 Å². The number of likely N-dealkylation sites (tertiary alicyclic amines) is 1. The normalized spacial score (nSPS) is 27.7. The Hall–Kier alpha value is -0.410. The fraction of sp³-hybridized carbons (Fsp3) is 0.923. The van der Waals surface area contributed by atoms with E-state index in [0.29, 0.717) is 24.3 Å². The van der Waals surface area contributed by atoms with Crippen LogP contribution in [0.4, 0.5) is 0 Å². The Morgan fingerprint density at radius 1 is 1.31 bits per heavy atom. The quantitative estimate of drug-likeness (QED) is 0.728. The van der Waals surface area contributed by atoms with Gasteiger partial charge in [0.05, 0.1) is 6.54 Å². The Morgan fingerprint density at radius 3 is 2.25 bits per heavy atom. The second-order valence-corrected chi connectivity index (χ2v) is 6.38. The van der Waals surface area contributed by atoms with Gasteiger partial charge < -0.3 is 4.90 Å². The van der Waals surface area contributed by atoms with Crippen molar-refractivity contribution in [3.05, 3.63) is 0 Å². The summed E-state index contributed by atoms with van der Waals surface area (Å²) in [6, 6.07) is 0.591. The Morgan fingerprint density at radius 2 is 1.88 bits per heavy atom. The summed E-state index contributed by atoms with van der Waals surface area (Å²) in [5, 5.41) is 0. The predicted octanol–water partition coefficient (Wildman–Crippen LogP) is 1.48. The standard InChI is InChI=1S/C13H26N2O/c1-10-7-15(8-11(10)14(5)6)9-12(16)13(2,3)4/h10-11H,7-9H2,1-6H3. The molecule has 1 rings (SSSR count). The van der Waals surface area contributed by atoms with Crippen LogP contribution in [0.3, 0.4) is 0 Å². The van der Waals surface area contributed by atoms with E-state index in [1.165, 1.54) is 0 Å². The molecule has 3 nitrogen and oxygen atoms in total. The Bertz CT molecular complexity index is 255. The summed E-state index contributed by atoms with van der Waals surface area (Å²) in [4.78, 5) is 16.5. The van der Waals surface area contributed by atoms with Crippen LogP contribution >= 0.6 is 0 Å². The van der Waals surface area contributed by atoms with Crippen molar-refractivity contribution in [2.45, 2.75) is 33.7 Å². The Balaban J connectivity index is 2.51. The summed E-state index contributed by atoms with van der Waals surface area (Å²) in [5.41, 5.74) is -0.209. The van der Waals surface area contributed by atoms with Crippen molar-refractivity contribution in [3.8, 4) is 0 Å². The first-order valence-corrected chi connectivity index (χ1v) is 6.14. The predicted molar refractivity (Wildman–Crippen MR) is 67.5 cm³/mol. The van der Waals surface area contributed by atoms with Crippen LogP contribution < -0.4 is 0 Å². The maximum atomic E-state index is 11.9. The summed E-state index contributed by atoms with van der Waals surface area (Å²) in [6.07, 6.45) is 0. The van der Waals surface area contributed by atoms with Gasteiger partial charge >= 0.3 is 0 Å². The van der Waals surface area contributed by atoms with Crippen LogP contribution in [0.25, 0.3) is 0 Å². The number of nitrogens with zero attached hydrogens (tertiary/aromatic N) is 2. The molecule has 1 heterocycles. The Kier molecular flexibility index (Phi) is 4.13. The molecular weight excluding hydrogens is 200 g/mol. The molecule has 0 aromatic carbocycles. The van der Waals surface area contributed by atoms with E-state index >= 15 is 0 Å². The minimum Gasteiger partial charge on any atom is -0.305 e. The van der Waals surface area contributed by atoms with Crippen LogP contribution in [-0.4, -0.2) is 55.4 Å². The van der Waals surface area contributed by atoms with E-state index in [1.54, 1.807) is 0 Å². The molecule has 0 aromatic heterocycles. The molecule has 1 aliphatic heterocycles. The molecule has 0 amide bonds. The zero-order chi connectivity index (χ0) is 12.5. The van der Waals surface area contributed by atoms with E-state index in [-0.39, 0.29) is 5.41 Å². The van der Waals surface area contributed by atoms with Crippen LogP contribution in [0.1, 0.15) is 27.7 Å². The molecular formula is C13H26N2O. The number of rotatable bonds is 3. The van der Waals surface area contributed by atoms with E-state index in [4.69, 9.17) is 0 Å². The molecule has 1 fully saturated rings. The van der Waals surface area contributed by atoms with E-state index in [1.807, 2.05) is 20.8 Å². The van der Waals surface area contributed by atoms with Crippen LogP contribution in [0, 0.1) is 11.3 Å². The largest absolute Gasteiger partial charge is 0.305 e. The molecule has 1 aliphatic rings. The van der Waals surface area contributed by atoms with Crippen molar-refractivity contribution in [2.24, 2.45) is 11.3 Å². The van der Waals surface area contributed by atoms with Gasteiger partial charge in [-0.2, -0.15) is 0 Å². The third-order valence-corrected chi connectivity index (χ3v) is 3.52. The summed E-state index contributed by atoms with van der Waals surface area (Å²) < 4.78 is 0. The van der Waals surface area contributed by atoms with Crippen molar-refractivity contribution in [1.29, 1.82) is 0 Å². The van der Waals surface area contributed by atoms with Crippen molar-refractivity contribution in [1.82, 2.24) is 9.80 Å². The number of likely N-dealkylation sites (N-methyl/N-ethyl adjacent to an activating group) is 1. The first-order chi connectivity index (χ1) is 7.21. The molecule has 16 heavy (non-hydrogen) atoms. The fourth-order valence-electron chi connectivity index (χ4n) is 2.29. The van der Waals surface area contributed by atoms with Crippen molar-refractivity contribution < 1.29 is 4.79 Å². The highest BCUT2D eigenvalue weighted by molar-refractivity contribution is 5.85.